The Balaban J connectivity index is 0.00000256. The Kier molecular flexibility index (Phi) is 7.96. The van der Waals surface area contributed by atoms with Gasteiger partial charge in [-0.05, 0) is 31.4 Å². The topological polar surface area (TPSA) is 76.4 Å². The second-order valence-electron chi connectivity index (χ2n) is 8.19. The van der Waals surface area contributed by atoms with Crippen molar-refractivity contribution in [3.8, 4) is 5.75 Å². The maximum absolute atomic E-state index is 5.79. The number of rotatable bonds is 5. The number of guanidine groups is 1. The van der Waals surface area contributed by atoms with E-state index in [-0.39, 0.29) is 24.0 Å². The maximum atomic E-state index is 5.79. The van der Waals surface area contributed by atoms with E-state index in [1.807, 2.05) is 6.07 Å². The lowest BCUT2D eigenvalue weighted by Crippen LogP contribution is -2.47. The summed E-state index contributed by atoms with van der Waals surface area (Å²) < 4.78 is 7.85. The molecule has 0 aliphatic carbocycles. The van der Waals surface area contributed by atoms with Gasteiger partial charge in [-0.15, -0.1) is 24.0 Å². The number of fused-ring (bicyclic) bond motifs is 2. The molecule has 2 unspecified atom stereocenters. The first-order valence-corrected chi connectivity index (χ1v) is 10.8. The summed E-state index contributed by atoms with van der Waals surface area (Å²) in [7, 11) is 0. The fraction of sp³-hybridized carbons (Fsp3) is 0.591. The van der Waals surface area contributed by atoms with E-state index in [9.17, 15) is 0 Å². The smallest absolute Gasteiger partial charge is 0.191 e. The summed E-state index contributed by atoms with van der Waals surface area (Å²) in [6.45, 7) is 9.58. The van der Waals surface area contributed by atoms with Crippen molar-refractivity contribution in [1.29, 1.82) is 0 Å². The third kappa shape index (κ3) is 5.25. The van der Waals surface area contributed by atoms with Crippen LogP contribution in [0.25, 0.3) is 0 Å². The molecule has 0 fully saturated rings. The summed E-state index contributed by atoms with van der Waals surface area (Å²) in [5.74, 6) is 4.70. The van der Waals surface area contributed by atoms with Gasteiger partial charge >= 0.3 is 0 Å². The van der Waals surface area contributed by atoms with Crippen molar-refractivity contribution in [2.45, 2.75) is 64.5 Å². The van der Waals surface area contributed by atoms with Crippen molar-refractivity contribution in [1.82, 2.24) is 25.4 Å². The molecule has 2 aliphatic rings. The molecule has 30 heavy (non-hydrogen) atoms. The van der Waals surface area contributed by atoms with Crippen LogP contribution in [0.2, 0.25) is 0 Å². The van der Waals surface area contributed by atoms with Crippen LogP contribution >= 0.6 is 24.0 Å². The number of hydrogen-bond donors (Lipinski definition) is 2. The van der Waals surface area contributed by atoms with Gasteiger partial charge in [0.25, 0.3) is 0 Å². The number of nitrogens with zero attached hydrogens (tertiary/aromatic N) is 4. The van der Waals surface area contributed by atoms with Gasteiger partial charge in [-0.3, -0.25) is 4.99 Å². The maximum Gasteiger partial charge on any atom is 0.191 e. The number of aliphatic imine (C=N–C) groups is 1. The molecule has 8 heteroatoms. The first kappa shape index (κ1) is 22.8. The van der Waals surface area contributed by atoms with E-state index in [2.05, 4.69) is 64.4 Å². The Morgan fingerprint density at radius 2 is 2.13 bits per heavy atom. The molecule has 164 valence electrons. The minimum Gasteiger partial charge on any atom is -0.493 e. The number of halogens is 1. The fourth-order valence-electron chi connectivity index (χ4n) is 4.01. The Hall–Kier alpha value is -1.84. The van der Waals surface area contributed by atoms with Crippen LogP contribution in [0.3, 0.4) is 0 Å². The first-order valence-electron chi connectivity index (χ1n) is 10.8. The van der Waals surface area contributed by atoms with Gasteiger partial charge in [0, 0.05) is 37.4 Å². The van der Waals surface area contributed by atoms with Gasteiger partial charge < -0.3 is 15.4 Å². The molecule has 2 aliphatic heterocycles. The molecule has 0 amide bonds. The third-order valence-corrected chi connectivity index (χ3v) is 5.63. The number of hydrogen-bond acceptors (Lipinski definition) is 4. The molecule has 0 radical (unpaired) electrons. The first-order chi connectivity index (χ1) is 14.1. The molecule has 2 N–H and O–H groups in total. The molecule has 1 aromatic heterocycles. The van der Waals surface area contributed by atoms with Crippen molar-refractivity contribution >= 4 is 29.9 Å². The number of aromatic nitrogens is 3. The second-order valence-corrected chi connectivity index (χ2v) is 8.19. The molecule has 4 rings (SSSR count). The van der Waals surface area contributed by atoms with Crippen molar-refractivity contribution in [2.24, 2.45) is 4.99 Å². The zero-order valence-electron chi connectivity index (χ0n) is 18.1. The highest BCUT2D eigenvalue weighted by molar-refractivity contribution is 14.0. The standard InChI is InChI=1S/C22H32N6O.HI/c1-4-23-22(24-13-16-11-12-29-19-8-6-5-7-18(16)19)25-17-9-10-20-26-21(15(2)3)27-28(20)14-17;/h5-8,15-17H,4,9-14H2,1-3H3,(H2,23,24,25);1H. The van der Waals surface area contributed by atoms with Crippen LogP contribution in [-0.4, -0.2) is 46.5 Å². The van der Waals surface area contributed by atoms with Crippen molar-refractivity contribution in [3.63, 3.8) is 0 Å². The summed E-state index contributed by atoms with van der Waals surface area (Å²) >= 11 is 0. The van der Waals surface area contributed by atoms with Gasteiger partial charge in [-0.25, -0.2) is 9.67 Å². The summed E-state index contributed by atoms with van der Waals surface area (Å²) in [4.78, 5) is 9.60. The van der Waals surface area contributed by atoms with E-state index in [1.165, 1.54) is 5.56 Å². The third-order valence-electron chi connectivity index (χ3n) is 5.63. The summed E-state index contributed by atoms with van der Waals surface area (Å²) in [6.07, 6.45) is 2.99. The molecule has 2 aromatic rings. The number of para-hydroxylation sites is 1. The van der Waals surface area contributed by atoms with Crippen LogP contribution in [-0.2, 0) is 13.0 Å². The Morgan fingerprint density at radius 1 is 1.30 bits per heavy atom. The van der Waals surface area contributed by atoms with Crippen LogP contribution in [0.1, 0.15) is 62.7 Å². The molecular weight excluding hydrogens is 491 g/mol. The molecule has 0 spiro atoms. The monoisotopic (exact) mass is 524 g/mol. The van der Waals surface area contributed by atoms with Gasteiger partial charge in [0.15, 0.2) is 11.8 Å². The number of ether oxygens (including phenoxy) is 1. The minimum absolute atomic E-state index is 0. The summed E-state index contributed by atoms with van der Waals surface area (Å²) in [5, 5.41) is 11.7. The predicted octanol–water partition coefficient (Wildman–Crippen LogP) is 3.46. The van der Waals surface area contributed by atoms with Gasteiger partial charge in [-0.1, -0.05) is 32.0 Å². The zero-order chi connectivity index (χ0) is 20.2. The number of nitrogens with one attached hydrogen (secondary N) is 2. The van der Waals surface area contributed by atoms with Crippen LogP contribution in [0.15, 0.2) is 29.3 Å². The quantitative estimate of drug-likeness (QED) is 0.356. The zero-order valence-corrected chi connectivity index (χ0v) is 20.4. The normalized spacial score (nSPS) is 20.6. The summed E-state index contributed by atoms with van der Waals surface area (Å²) in [6, 6.07) is 8.63. The van der Waals surface area contributed by atoms with Crippen LogP contribution in [0, 0.1) is 0 Å². The number of benzene rings is 1. The molecule has 1 aromatic carbocycles. The van der Waals surface area contributed by atoms with E-state index in [1.54, 1.807) is 0 Å². The highest BCUT2D eigenvalue weighted by Gasteiger charge is 2.24. The van der Waals surface area contributed by atoms with E-state index in [0.717, 1.165) is 68.9 Å². The minimum atomic E-state index is 0. The van der Waals surface area contributed by atoms with Crippen LogP contribution in [0.4, 0.5) is 0 Å². The Bertz CT molecular complexity index is 865. The van der Waals surface area contributed by atoms with E-state index < -0.39 is 0 Å². The summed E-state index contributed by atoms with van der Waals surface area (Å²) in [5.41, 5.74) is 1.27. The van der Waals surface area contributed by atoms with E-state index >= 15 is 0 Å². The van der Waals surface area contributed by atoms with Gasteiger partial charge in [0.2, 0.25) is 0 Å². The lowest BCUT2D eigenvalue weighted by molar-refractivity contribution is 0.269. The molecule has 0 bridgehead atoms. The van der Waals surface area contributed by atoms with Crippen molar-refractivity contribution in [3.05, 3.63) is 41.5 Å². The largest absolute Gasteiger partial charge is 0.493 e. The van der Waals surface area contributed by atoms with Crippen molar-refractivity contribution < 1.29 is 4.74 Å². The highest BCUT2D eigenvalue weighted by Crippen LogP contribution is 2.33. The molecule has 2 atom stereocenters. The lowest BCUT2D eigenvalue weighted by Gasteiger charge is -2.27. The van der Waals surface area contributed by atoms with E-state index in [4.69, 9.17) is 9.73 Å². The lowest BCUT2D eigenvalue weighted by atomic mass is 9.93. The SMILES string of the molecule is CCNC(=NCC1CCOc2ccccc21)NC1CCc2nc(C(C)C)nn2C1.I. The molecule has 3 heterocycles. The van der Waals surface area contributed by atoms with Crippen LogP contribution in [0.5, 0.6) is 5.75 Å². The highest BCUT2D eigenvalue weighted by atomic mass is 127. The fourth-order valence-corrected chi connectivity index (χ4v) is 4.01. The Labute approximate surface area is 196 Å². The van der Waals surface area contributed by atoms with Gasteiger partial charge in [-0.2, -0.15) is 5.10 Å². The predicted molar refractivity (Wildman–Crippen MR) is 130 cm³/mol. The molecule has 0 saturated heterocycles. The molecule has 7 nitrogen and oxygen atoms in total. The second kappa shape index (κ2) is 10.5. The van der Waals surface area contributed by atoms with Gasteiger partial charge in [0.1, 0.15) is 11.6 Å². The average molecular weight is 524 g/mol. The van der Waals surface area contributed by atoms with Crippen molar-refractivity contribution in [2.75, 3.05) is 19.7 Å². The Morgan fingerprint density at radius 3 is 2.93 bits per heavy atom. The molecular formula is C22H33IN6O. The van der Waals surface area contributed by atoms with E-state index in [0.29, 0.717) is 17.9 Å². The van der Waals surface area contributed by atoms with Gasteiger partial charge in [0.05, 0.1) is 13.2 Å². The number of aryl methyl sites for hydroxylation is 1. The average Bonchev–Trinajstić information content (AvgIpc) is 3.16. The molecule has 0 saturated carbocycles. The van der Waals surface area contributed by atoms with Crippen LogP contribution < -0.4 is 15.4 Å².